The van der Waals surface area contributed by atoms with Gasteiger partial charge in [-0.05, 0) is 86.1 Å². The fourth-order valence-corrected chi connectivity index (χ4v) is 8.59. The van der Waals surface area contributed by atoms with Gasteiger partial charge in [0.05, 0.1) is 21.8 Å². The van der Waals surface area contributed by atoms with Crippen LogP contribution < -0.4 is 27.8 Å². The Labute approximate surface area is 284 Å². The topological polar surface area (TPSA) is 152 Å². The van der Waals surface area contributed by atoms with Gasteiger partial charge in [0.15, 0.2) is 0 Å². The van der Waals surface area contributed by atoms with Gasteiger partial charge in [0.1, 0.15) is 11.6 Å². The highest BCUT2D eigenvalue weighted by atomic mass is 35.5. The third kappa shape index (κ3) is 5.71. The SMILES string of the molecule is O=C(Nc1ccccn1)C(C(C1CCCCC1)C1CCCCC1)(n1c(=O)[nH]c2ccc(F)cc2c1=O)n1c(=O)[nH]c2ccc(Cl)cc2c1=O. The van der Waals surface area contributed by atoms with Gasteiger partial charge >= 0.3 is 11.4 Å². The van der Waals surface area contributed by atoms with Crippen molar-refractivity contribution >= 4 is 45.1 Å². The fourth-order valence-electron chi connectivity index (χ4n) is 8.42. The largest absolute Gasteiger partial charge is 0.331 e. The number of H-pyrrole nitrogens is 2. The lowest BCUT2D eigenvalue weighted by molar-refractivity contribution is -0.136. The van der Waals surface area contributed by atoms with E-state index in [0.717, 1.165) is 55.2 Å². The maximum atomic E-state index is 15.5. The zero-order valence-electron chi connectivity index (χ0n) is 26.7. The first-order valence-electron chi connectivity index (χ1n) is 16.8. The van der Waals surface area contributed by atoms with Crippen molar-refractivity contribution in [2.45, 2.75) is 69.9 Å². The lowest BCUT2D eigenvalue weighted by atomic mass is 9.63. The summed E-state index contributed by atoms with van der Waals surface area (Å²) in [6.45, 7) is 0. The lowest BCUT2D eigenvalue weighted by Gasteiger charge is -2.49. The Balaban J connectivity index is 1.69. The van der Waals surface area contributed by atoms with Gasteiger partial charge in [-0.15, -0.1) is 0 Å². The number of fused-ring (bicyclic) bond motifs is 2. The zero-order chi connectivity index (χ0) is 34.3. The van der Waals surface area contributed by atoms with Gasteiger partial charge in [0.2, 0.25) is 5.66 Å². The molecule has 2 aliphatic carbocycles. The molecule has 0 spiro atoms. The van der Waals surface area contributed by atoms with Crippen LogP contribution in [0.1, 0.15) is 64.2 Å². The Morgan fingerprint density at radius 3 is 1.90 bits per heavy atom. The van der Waals surface area contributed by atoms with Crippen LogP contribution in [-0.4, -0.2) is 30.0 Å². The van der Waals surface area contributed by atoms with Gasteiger partial charge in [0, 0.05) is 17.1 Å². The predicted molar refractivity (Wildman–Crippen MR) is 186 cm³/mol. The second kappa shape index (κ2) is 13.2. The number of hydrogen-bond donors (Lipinski definition) is 3. The third-order valence-corrected chi connectivity index (χ3v) is 10.7. The van der Waals surface area contributed by atoms with Crippen molar-refractivity contribution in [2.24, 2.45) is 17.8 Å². The predicted octanol–water partition coefficient (Wildman–Crippen LogP) is 5.50. The maximum absolute atomic E-state index is 15.5. The Hall–Kier alpha value is -4.84. The summed E-state index contributed by atoms with van der Waals surface area (Å²) in [5.74, 6) is -3.00. The molecule has 0 aliphatic heterocycles. The molecule has 1 unspecified atom stereocenters. The molecule has 3 heterocycles. The van der Waals surface area contributed by atoms with Crippen LogP contribution in [0.25, 0.3) is 21.8 Å². The molecule has 2 fully saturated rings. The molecule has 2 aromatic carbocycles. The van der Waals surface area contributed by atoms with E-state index < -0.39 is 45.8 Å². The first-order valence-corrected chi connectivity index (χ1v) is 17.2. The van der Waals surface area contributed by atoms with Crippen molar-refractivity contribution in [3.8, 4) is 0 Å². The van der Waals surface area contributed by atoms with E-state index in [1.807, 2.05) is 0 Å². The Kier molecular flexibility index (Phi) is 8.82. The Morgan fingerprint density at radius 1 is 0.796 bits per heavy atom. The van der Waals surface area contributed by atoms with Crippen molar-refractivity contribution in [3.05, 3.63) is 113 Å². The monoisotopic (exact) mass is 686 g/mol. The molecule has 1 amide bonds. The van der Waals surface area contributed by atoms with E-state index in [2.05, 4.69) is 20.3 Å². The highest BCUT2D eigenvalue weighted by molar-refractivity contribution is 6.31. The number of hydrogen-bond acceptors (Lipinski definition) is 6. The average Bonchev–Trinajstić information content (AvgIpc) is 3.10. The van der Waals surface area contributed by atoms with Gasteiger partial charge in [-0.3, -0.25) is 14.4 Å². The van der Waals surface area contributed by atoms with Crippen LogP contribution in [0.3, 0.4) is 0 Å². The van der Waals surface area contributed by atoms with Crippen molar-refractivity contribution in [1.82, 2.24) is 24.1 Å². The number of rotatable bonds is 7. The van der Waals surface area contributed by atoms with Crippen molar-refractivity contribution in [1.29, 1.82) is 0 Å². The van der Waals surface area contributed by atoms with Gasteiger partial charge in [-0.1, -0.05) is 56.2 Å². The third-order valence-electron chi connectivity index (χ3n) is 10.4. The molecule has 0 bridgehead atoms. The minimum absolute atomic E-state index is 0.00976. The smallest absolute Gasteiger partial charge is 0.307 e. The molecule has 7 rings (SSSR count). The van der Waals surface area contributed by atoms with E-state index in [4.69, 9.17) is 11.6 Å². The first kappa shape index (κ1) is 32.7. The summed E-state index contributed by atoms with van der Waals surface area (Å²) < 4.78 is 16.2. The summed E-state index contributed by atoms with van der Waals surface area (Å²) >= 11 is 6.35. The van der Waals surface area contributed by atoms with Crippen molar-refractivity contribution in [3.63, 3.8) is 0 Å². The number of nitrogens with zero attached hydrogens (tertiary/aromatic N) is 3. The van der Waals surface area contributed by atoms with Gasteiger partial charge in [-0.25, -0.2) is 28.1 Å². The van der Waals surface area contributed by atoms with E-state index in [-0.39, 0.29) is 44.5 Å². The van der Waals surface area contributed by atoms with Crippen LogP contribution in [0, 0.1) is 23.6 Å². The Bertz CT molecular complexity index is 2160. The molecule has 5 aromatic rings. The number of amides is 1. The summed E-state index contributed by atoms with van der Waals surface area (Å²) in [5.41, 5.74) is -6.27. The molecule has 254 valence electrons. The number of anilines is 1. The Morgan fingerprint density at radius 2 is 1.35 bits per heavy atom. The number of benzene rings is 2. The molecular weight excluding hydrogens is 651 g/mol. The van der Waals surface area contributed by atoms with Crippen molar-refractivity contribution in [2.75, 3.05) is 5.32 Å². The number of aromatic amines is 2. The lowest BCUT2D eigenvalue weighted by Crippen LogP contribution is -2.71. The van der Waals surface area contributed by atoms with Crippen LogP contribution in [-0.2, 0) is 10.5 Å². The minimum atomic E-state index is -2.56. The number of pyridine rings is 1. The molecule has 0 saturated heterocycles. The molecular formula is C36H36ClFN6O5. The second-order valence-corrected chi connectivity index (χ2v) is 13.7. The molecule has 11 nitrogen and oxygen atoms in total. The van der Waals surface area contributed by atoms with Gasteiger partial charge in [0.25, 0.3) is 17.0 Å². The van der Waals surface area contributed by atoms with E-state index in [1.165, 1.54) is 36.5 Å². The number of carbonyl (C=O) groups excluding carboxylic acids is 1. The van der Waals surface area contributed by atoms with Crippen LogP contribution >= 0.6 is 11.6 Å². The summed E-state index contributed by atoms with van der Waals surface area (Å²) in [5, 5.41) is 2.77. The molecule has 13 heteroatoms. The number of nitrogens with one attached hydrogen (secondary N) is 3. The highest BCUT2D eigenvalue weighted by Crippen LogP contribution is 2.48. The molecule has 3 N–H and O–H groups in total. The van der Waals surface area contributed by atoms with Crippen LogP contribution in [0.2, 0.25) is 5.02 Å². The summed E-state index contributed by atoms with van der Waals surface area (Å²) in [6, 6.07) is 12.6. The number of halogens is 2. The molecule has 1 atom stereocenters. The fraction of sp³-hybridized carbons (Fsp3) is 0.389. The van der Waals surface area contributed by atoms with E-state index >= 15 is 4.79 Å². The molecule has 3 aromatic heterocycles. The van der Waals surface area contributed by atoms with E-state index in [9.17, 15) is 23.6 Å². The van der Waals surface area contributed by atoms with Gasteiger partial charge in [-0.2, -0.15) is 0 Å². The maximum Gasteiger partial charge on any atom is 0.331 e. The highest BCUT2D eigenvalue weighted by Gasteiger charge is 2.58. The number of aromatic nitrogens is 5. The summed E-state index contributed by atoms with van der Waals surface area (Å²) in [6.07, 6.45) is 9.33. The molecule has 49 heavy (non-hydrogen) atoms. The zero-order valence-corrected chi connectivity index (χ0v) is 27.5. The minimum Gasteiger partial charge on any atom is -0.307 e. The standard InChI is InChI=1S/C36H36ClFN6O5/c37-23-14-16-27-25(19-23)31(45)43(34(48)40-27)36(33(47)42-29-13-7-8-18-39-29,30(21-9-3-1-4-10-21)22-11-5-2-6-12-22)44-32(46)26-20-24(38)15-17-28(26)41-35(44)49/h7-8,13-22,30H,1-6,9-12H2,(H,40,48)(H,41,49)(H,39,42,47). The number of carbonyl (C=O) groups is 1. The molecule has 2 saturated carbocycles. The summed E-state index contributed by atoms with van der Waals surface area (Å²) in [7, 11) is 0. The van der Waals surface area contributed by atoms with Gasteiger partial charge < -0.3 is 15.3 Å². The van der Waals surface area contributed by atoms with E-state index in [1.54, 1.807) is 12.1 Å². The quantitative estimate of drug-likeness (QED) is 0.206. The van der Waals surface area contributed by atoms with Crippen LogP contribution in [0.5, 0.6) is 0 Å². The normalized spacial score (nSPS) is 17.4. The van der Waals surface area contributed by atoms with Crippen LogP contribution in [0.4, 0.5) is 10.2 Å². The van der Waals surface area contributed by atoms with Crippen LogP contribution in [0.15, 0.2) is 80.0 Å². The second-order valence-electron chi connectivity index (χ2n) is 13.2. The molecule has 0 radical (unpaired) electrons. The summed E-state index contributed by atoms with van der Waals surface area (Å²) in [4.78, 5) is 83.9. The van der Waals surface area contributed by atoms with Crippen molar-refractivity contribution < 1.29 is 9.18 Å². The molecule has 2 aliphatic rings. The van der Waals surface area contributed by atoms with E-state index in [0.29, 0.717) is 30.3 Å². The first-order chi connectivity index (χ1) is 23.7. The average molecular weight is 687 g/mol.